The van der Waals surface area contributed by atoms with Crippen molar-refractivity contribution in [3.8, 4) is 0 Å². The Hall–Kier alpha value is -0.220. The second-order valence-corrected chi connectivity index (χ2v) is 5.70. The highest BCUT2D eigenvalue weighted by molar-refractivity contribution is 8.00. The fourth-order valence-electron chi connectivity index (χ4n) is 1.37. The molecular weight excluding hydrogens is 186 g/mol. The van der Waals surface area contributed by atoms with Crippen LogP contribution in [-0.2, 0) is 4.79 Å². The number of aliphatic hydroxyl groups is 1. The van der Waals surface area contributed by atoms with Gasteiger partial charge in [-0.15, -0.1) is 0 Å². The number of hydrogen-bond acceptors (Lipinski definition) is 3. The molecule has 1 saturated heterocycles. The van der Waals surface area contributed by atoms with Crippen LogP contribution in [0.5, 0.6) is 0 Å². The van der Waals surface area contributed by atoms with Crippen LogP contribution in [-0.4, -0.2) is 46.1 Å². The van der Waals surface area contributed by atoms with Gasteiger partial charge in [0.2, 0.25) is 5.91 Å². The van der Waals surface area contributed by atoms with Gasteiger partial charge in [-0.1, -0.05) is 13.8 Å². The largest absolute Gasteiger partial charge is 0.387 e. The third-order valence-electron chi connectivity index (χ3n) is 2.33. The lowest BCUT2D eigenvalue weighted by atomic mass is 10.1. The van der Waals surface area contributed by atoms with E-state index in [1.165, 1.54) is 0 Å². The first kappa shape index (κ1) is 10.9. The van der Waals surface area contributed by atoms with Crippen molar-refractivity contribution in [1.82, 2.24) is 4.90 Å². The second kappa shape index (κ2) is 4.33. The maximum atomic E-state index is 11.2. The molecule has 0 radical (unpaired) electrons. The molecule has 1 rings (SSSR count). The molecule has 0 bridgehead atoms. The summed E-state index contributed by atoms with van der Waals surface area (Å²) in [7, 11) is 0. The van der Waals surface area contributed by atoms with Crippen LogP contribution in [0, 0.1) is 0 Å². The maximum Gasteiger partial charge on any atom is 0.248 e. The predicted octanol–water partition coefficient (Wildman–Crippen LogP) is 0.723. The molecule has 1 aliphatic heterocycles. The van der Waals surface area contributed by atoms with Crippen molar-refractivity contribution in [2.75, 3.05) is 25.4 Å². The Bertz CT molecular complexity index is 194. The van der Waals surface area contributed by atoms with Crippen LogP contribution < -0.4 is 0 Å². The molecule has 1 fully saturated rings. The van der Waals surface area contributed by atoms with Crippen molar-refractivity contribution in [3.05, 3.63) is 0 Å². The van der Waals surface area contributed by atoms with Crippen molar-refractivity contribution >= 4 is 17.7 Å². The number of rotatable bonds is 1. The van der Waals surface area contributed by atoms with Gasteiger partial charge in [0, 0.05) is 23.6 Å². The summed E-state index contributed by atoms with van der Waals surface area (Å²) >= 11 is 1.90. The number of thioether (sulfide) groups is 1. The number of hydrogen-bond donors (Lipinski definition) is 1. The first-order valence-corrected chi connectivity index (χ1v) is 5.56. The molecular formula is C9H17NO2S. The molecule has 0 aromatic rings. The van der Waals surface area contributed by atoms with Gasteiger partial charge in [-0.2, -0.15) is 11.8 Å². The molecule has 13 heavy (non-hydrogen) atoms. The molecule has 0 unspecified atom stereocenters. The van der Waals surface area contributed by atoms with Gasteiger partial charge < -0.3 is 10.0 Å². The lowest BCUT2D eigenvalue weighted by molar-refractivity contribution is -0.133. The van der Waals surface area contributed by atoms with E-state index in [2.05, 4.69) is 13.8 Å². The smallest absolute Gasteiger partial charge is 0.248 e. The van der Waals surface area contributed by atoms with Gasteiger partial charge >= 0.3 is 0 Å². The van der Waals surface area contributed by atoms with E-state index in [-0.39, 0.29) is 17.3 Å². The highest BCUT2D eigenvalue weighted by atomic mass is 32.2. The van der Waals surface area contributed by atoms with Crippen molar-refractivity contribution in [1.29, 1.82) is 0 Å². The molecule has 3 nitrogen and oxygen atoms in total. The minimum atomic E-state index is -0.356. The molecule has 0 aliphatic carbocycles. The molecule has 76 valence electrons. The van der Waals surface area contributed by atoms with Crippen molar-refractivity contribution in [2.45, 2.75) is 25.0 Å². The summed E-state index contributed by atoms with van der Waals surface area (Å²) in [5.41, 5.74) is 0. The number of amides is 1. The van der Waals surface area contributed by atoms with Crippen LogP contribution in [0.25, 0.3) is 0 Å². The monoisotopic (exact) mass is 203 g/mol. The molecule has 0 atom stereocenters. The first-order chi connectivity index (χ1) is 6.05. The topological polar surface area (TPSA) is 40.5 Å². The molecule has 1 amide bonds. The van der Waals surface area contributed by atoms with Crippen LogP contribution in [0.3, 0.4) is 0 Å². The summed E-state index contributed by atoms with van der Waals surface area (Å²) in [5.74, 6) is 0.831. The summed E-state index contributed by atoms with van der Waals surface area (Å²) < 4.78 is 0.268. The third-order valence-corrected chi connectivity index (χ3v) is 3.70. The van der Waals surface area contributed by atoms with Crippen molar-refractivity contribution in [2.24, 2.45) is 0 Å². The molecule has 1 heterocycles. The predicted molar refractivity (Wildman–Crippen MR) is 54.8 cm³/mol. The van der Waals surface area contributed by atoms with Crippen molar-refractivity contribution in [3.63, 3.8) is 0 Å². The van der Waals surface area contributed by atoms with Gasteiger partial charge in [0.05, 0.1) is 0 Å². The number of aliphatic hydroxyl groups excluding tert-OH is 1. The number of carbonyl (C=O) groups is 1. The summed E-state index contributed by atoms with van der Waals surface area (Å²) in [6.45, 7) is 5.59. The zero-order valence-electron chi connectivity index (χ0n) is 8.25. The molecule has 1 aliphatic rings. The molecule has 0 spiro atoms. The standard InChI is InChI=1S/C9H17NO2S/c1-9(2)3-4-10(5-6-13-9)8(12)7-11/h11H,3-7H2,1-2H3. The number of carbonyl (C=O) groups excluding carboxylic acids is 1. The average molecular weight is 203 g/mol. The molecule has 1 N–H and O–H groups in total. The average Bonchev–Trinajstić information content (AvgIpc) is 2.25. The Balaban J connectivity index is 2.49. The Morgan fingerprint density at radius 1 is 1.54 bits per heavy atom. The van der Waals surface area contributed by atoms with Gasteiger partial charge in [-0.05, 0) is 6.42 Å². The van der Waals surface area contributed by atoms with E-state index in [0.717, 1.165) is 25.3 Å². The third kappa shape index (κ3) is 3.19. The van der Waals surface area contributed by atoms with Gasteiger partial charge in [0.1, 0.15) is 6.61 Å². The van der Waals surface area contributed by atoms with E-state index in [4.69, 9.17) is 5.11 Å². The van der Waals surface area contributed by atoms with Crippen LogP contribution in [0.15, 0.2) is 0 Å². The molecule has 0 aromatic heterocycles. The normalized spacial score (nSPS) is 22.5. The minimum absolute atomic E-state index is 0.140. The Labute approximate surface area is 83.5 Å². The fraction of sp³-hybridized carbons (Fsp3) is 0.889. The summed E-state index contributed by atoms with van der Waals surface area (Å²) in [6, 6.07) is 0. The number of nitrogens with zero attached hydrogens (tertiary/aromatic N) is 1. The van der Waals surface area contributed by atoms with Crippen LogP contribution in [0.2, 0.25) is 0 Å². The van der Waals surface area contributed by atoms with Crippen LogP contribution in [0.1, 0.15) is 20.3 Å². The zero-order valence-corrected chi connectivity index (χ0v) is 9.06. The quantitative estimate of drug-likeness (QED) is 0.683. The molecule has 0 aromatic carbocycles. The first-order valence-electron chi connectivity index (χ1n) is 4.58. The van der Waals surface area contributed by atoms with Gasteiger partial charge in [0.15, 0.2) is 0 Å². The Morgan fingerprint density at radius 2 is 2.23 bits per heavy atom. The van der Waals surface area contributed by atoms with Crippen molar-refractivity contribution < 1.29 is 9.90 Å². The van der Waals surface area contributed by atoms with Crippen LogP contribution in [0.4, 0.5) is 0 Å². The van der Waals surface area contributed by atoms with E-state index in [9.17, 15) is 4.79 Å². The summed E-state index contributed by atoms with van der Waals surface area (Å²) in [4.78, 5) is 12.9. The summed E-state index contributed by atoms with van der Waals surface area (Å²) in [6.07, 6.45) is 1.00. The van der Waals surface area contributed by atoms with E-state index < -0.39 is 0 Å². The second-order valence-electron chi connectivity index (χ2n) is 3.90. The van der Waals surface area contributed by atoms with E-state index in [1.807, 2.05) is 11.8 Å². The van der Waals surface area contributed by atoms with Crippen LogP contribution >= 0.6 is 11.8 Å². The van der Waals surface area contributed by atoms with Gasteiger partial charge in [-0.3, -0.25) is 4.79 Å². The highest BCUT2D eigenvalue weighted by Gasteiger charge is 2.25. The summed E-state index contributed by atoms with van der Waals surface area (Å²) in [5, 5.41) is 8.71. The van der Waals surface area contributed by atoms with Gasteiger partial charge in [-0.25, -0.2) is 0 Å². The Kier molecular flexibility index (Phi) is 3.62. The van der Waals surface area contributed by atoms with Gasteiger partial charge in [0.25, 0.3) is 0 Å². The Morgan fingerprint density at radius 3 is 2.85 bits per heavy atom. The fourth-order valence-corrected chi connectivity index (χ4v) is 2.47. The molecule has 0 saturated carbocycles. The van der Waals surface area contributed by atoms with E-state index in [1.54, 1.807) is 4.90 Å². The lowest BCUT2D eigenvalue weighted by Crippen LogP contribution is -2.35. The maximum absolute atomic E-state index is 11.2. The highest BCUT2D eigenvalue weighted by Crippen LogP contribution is 2.30. The van der Waals surface area contributed by atoms with E-state index in [0.29, 0.717) is 0 Å². The SMILES string of the molecule is CC1(C)CCN(C(=O)CO)CCS1. The minimum Gasteiger partial charge on any atom is -0.387 e. The lowest BCUT2D eigenvalue weighted by Gasteiger charge is -2.22. The molecule has 4 heteroatoms. The van der Waals surface area contributed by atoms with E-state index >= 15 is 0 Å². The zero-order chi connectivity index (χ0) is 9.90.